The number of hydrogen-bond donors (Lipinski definition) is 0. The molecular weight excluding hydrogens is 431 g/mol. The first kappa shape index (κ1) is 23.6. The molecule has 0 aromatic heterocycles. The van der Waals surface area contributed by atoms with E-state index in [1.165, 1.54) is 0 Å². The van der Waals surface area contributed by atoms with Crippen molar-refractivity contribution >= 4 is 29.8 Å². The van der Waals surface area contributed by atoms with Crippen molar-refractivity contribution in [1.29, 1.82) is 0 Å². The number of Topliss-reactive ketones (excluding diaryl/α,β-unsaturated/α-hetero) is 1. The smallest absolute Gasteiger partial charge is 0.138 e. The minimum atomic E-state index is -0.809. The molecule has 33 heavy (non-hydrogen) atoms. The Morgan fingerprint density at radius 1 is 0.758 bits per heavy atom. The van der Waals surface area contributed by atoms with Crippen LogP contribution in [0.3, 0.4) is 0 Å². The molecule has 0 N–H and O–H groups in total. The van der Waals surface area contributed by atoms with Gasteiger partial charge in [0.25, 0.3) is 0 Å². The standard InChI is InChI=1S/C28H33O4P/c1-27(2)16-19(29)17-28(3,4)33(27)26-23(31-6)15-13-21(25(26)32-7)24-20-11-9-8-10-18(20)12-14-22(24)30-5/h8-15H,16-17H2,1-7H3. The molecule has 3 aromatic rings. The normalized spacial score (nSPS) is 17.7. The van der Waals surface area contributed by atoms with Crippen molar-refractivity contribution in [2.45, 2.75) is 50.8 Å². The second-order valence-corrected chi connectivity index (χ2v) is 13.5. The van der Waals surface area contributed by atoms with E-state index in [0.29, 0.717) is 18.6 Å². The first-order valence-electron chi connectivity index (χ1n) is 11.3. The van der Waals surface area contributed by atoms with E-state index in [1.54, 1.807) is 21.3 Å². The Balaban J connectivity index is 2.08. The summed E-state index contributed by atoms with van der Waals surface area (Å²) in [6.45, 7) is 8.84. The predicted octanol–water partition coefficient (Wildman–Crippen LogP) is 6.56. The van der Waals surface area contributed by atoms with Crippen LogP contribution in [-0.4, -0.2) is 37.4 Å². The Kier molecular flexibility index (Phi) is 6.18. The summed E-state index contributed by atoms with van der Waals surface area (Å²) >= 11 is 0. The molecule has 0 unspecified atom stereocenters. The number of carbonyl (C=O) groups is 1. The molecule has 4 rings (SSSR count). The zero-order valence-electron chi connectivity index (χ0n) is 20.6. The number of hydrogen-bond acceptors (Lipinski definition) is 4. The number of methoxy groups -OCH3 is 3. The highest BCUT2D eigenvalue weighted by molar-refractivity contribution is 7.69. The summed E-state index contributed by atoms with van der Waals surface area (Å²) in [5.41, 5.74) is 1.99. The maximum absolute atomic E-state index is 12.6. The minimum Gasteiger partial charge on any atom is -0.496 e. The molecule has 0 spiro atoms. The molecule has 1 fully saturated rings. The zero-order valence-corrected chi connectivity index (χ0v) is 21.5. The number of ketones is 1. The molecule has 1 aliphatic rings. The van der Waals surface area contributed by atoms with Crippen molar-refractivity contribution in [3.05, 3.63) is 48.5 Å². The van der Waals surface area contributed by atoms with Gasteiger partial charge < -0.3 is 14.2 Å². The van der Waals surface area contributed by atoms with Crippen LogP contribution < -0.4 is 19.5 Å². The van der Waals surface area contributed by atoms with Gasteiger partial charge in [-0.25, -0.2) is 0 Å². The van der Waals surface area contributed by atoms with Gasteiger partial charge in [-0.3, -0.25) is 4.79 Å². The SMILES string of the molecule is COc1ccc(-c2c(OC)ccc3ccccc23)c(OC)c1P1C(C)(C)CC(=O)CC1(C)C. The van der Waals surface area contributed by atoms with Gasteiger partial charge in [0.1, 0.15) is 23.0 Å². The molecular formula is C28H33O4P. The molecule has 0 atom stereocenters. The van der Waals surface area contributed by atoms with Gasteiger partial charge in [-0.1, -0.05) is 65.9 Å². The van der Waals surface area contributed by atoms with E-state index in [9.17, 15) is 4.79 Å². The van der Waals surface area contributed by atoms with Gasteiger partial charge in [0.2, 0.25) is 0 Å². The maximum Gasteiger partial charge on any atom is 0.138 e. The van der Waals surface area contributed by atoms with Gasteiger partial charge in [0.15, 0.2) is 0 Å². The Morgan fingerprint density at radius 2 is 1.36 bits per heavy atom. The number of rotatable bonds is 5. The number of benzene rings is 3. The van der Waals surface area contributed by atoms with Crippen molar-refractivity contribution in [3.63, 3.8) is 0 Å². The van der Waals surface area contributed by atoms with Crippen LogP contribution in [-0.2, 0) is 4.79 Å². The van der Waals surface area contributed by atoms with E-state index in [-0.39, 0.29) is 10.3 Å². The second-order valence-electron chi connectivity index (χ2n) is 9.91. The topological polar surface area (TPSA) is 44.8 Å². The highest BCUT2D eigenvalue weighted by Crippen LogP contribution is 2.67. The fraction of sp³-hybridized carbons (Fsp3) is 0.393. The number of carbonyl (C=O) groups excluding carboxylic acids is 1. The van der Waals surface area contributed by atoms with Gasteiger partial charge in [0, 0.05) is 24.0 Å². The van der Waals surface area contributed by atoms with E-state index < -0.39 is 7.92 Å². The van der Waals surface area contributed by atoms with Crippen LogP contribution in [0.1, 0.15) is 40.5 Å². The predicted molar refractivity (Wildman–Crippen MR) is 138 cm³/mol. The molecule has 1 heterocycles. The van der Waals surface area contributed by atoms with Crippen LogP contribution >= 0.6 is 7.92 Å². The molecule has 0 aliphatic carbocycles. The average Bonchev–Trinajstić information content (AvgIpc) is 2.76. The Hall–Kier alpha value is -2.58. The zero-order chi connectivity index (χ0) is 24.0. The highest BCUT2D eigenvalue weighted by Gasteiger charge is 2.50. The molecule has 1 saturated heterocycles. The van der Waals surface area contributed by atoms with E-state index in [0.717, 1.165) is 44.5 Å². The van der Waals surface area contributed by atoms with E-state index in [1.807, 2.05) is 24.3 Å². The summed E-state index contributed by atoms with van der Waals surface area (Å²) in [7, 11) is 4.33. The Bertz CT molecular complexity index is 1190. The van der Waals surface area contributed by atoms with Crippen molar-refractivity contribution in [3.8, 4) is 28.4 Å². The van der Waals surface area contributed by atoms with Crippen LogP contribution in [0.15, 0.2) is 48.5 Å². The van der Waals surface area contributed by atoms with Crippen LogP contribution in [0.2, 0.25) is 0 Å². The molecule has 5 heteroatoms. The third-order valence-electron chi connectivity index (χ3n) is 6.59. The maximum atomic E-state index is 12.6. The molecule has 1 aliphatic heterocycles. The minimum absolute atomic E-state index is 0.184. The van der Waals surface area contributed by atoms with Crippen molar-refractivity contribution in [2.24, 2.45) is 0 Å². The summed E-state index contributed by atoms with van der Waals surface area (Å²) in [6.07, 6.45) is 1.13. The van der Waals surface area contributed by atoms with Gasteiger partial charge in [-0.15, -0.1) is 0 Å². The highest BCUT2D eigenvalue weighted by atomic mass is 31.1. The Morgan fingerprint density at radius 3 is 1.97 bits per heavy atom. The Labute approximate surface area is 198 Å². The van der Waals surface area contributed by atoms with Gasteiger partial charge in [0.05, 0.1) is 26.6 Å². The lowest BCUT2D eigenvalue weighted by molar-refractivity contribution is -0.120. The van der Waals surface area contributed by atoms with Gasteiger partial charge >= 0.3 is 0 Å². The molecule has 4 nitrogen and oxygen atoms in total. The second kappa shape index (κ2) is 8.65. The fourth-order valence-corrected chi connectivity index (χ4v) is 9.96. The van der Waals surface area contributed by atoms with Gasteiger partial charge in [-0.05, 0) is 39.3 Å². The summed E-state index contributed by atoms with van der Waals surface area (Å²) in [6, 6.07) is 16.5. The van der Waals surface area contributed by atoms with E-state index in [2.05, 4.69) is 52.0 Å². The van der Waals surface area contributed by atoms with Crippen molar-refractivity contribution in [2.75, 3.05) is 21.3 Å². The first-order chi connectivity index (χ1) is 15.6. The molecule has 0 amide bonds. The van der Waals surface area contributed by atoms with Gasteiger partial charge in [-0.2, -0.15) is 0 Å². The number of ether oxygens (including phenoxy) is 3. The molecule has 3 aromatic carbocycles. The molecule has 174 valence electrons. The summed E-state index contributed by atoms with van der Waals surface area (Å²) in [5.74, 6) is 2.75. The first-order valence-corrected chi connectivity index (χ1v) is 12.6. The van der Waals surface area contributed by atoms with Crippen LogP contribution in [0.4, 0.5) is 0 Å². The third kappa shape index (κ3) is 3.99. The molecule has 0 radical (unpaired) electrons. The lowest BCUT2D eigenvalue weighted by Gasteiger charge is -2.49. The lowest BCUT2D eigenvalue weighted by Crippen LogP contribution is -2.43. The third-order valence-corrected chi connectivity index (χ3v) is 10.2. The number of fused-ring (bicyclic) bond motifs is 1. The summed E-state index contributed by atoms with van der Waals surface area (Å²) in [4.78, 5) is 12.6. The average molecular weight is 465 g/mol. The van der Waals surface area contributed by atoms with Crippen LogP contribution in [0.25, 0.3) is 21.9 Å². The lowest BCUT2D eigenvalue weighted by atomic mass is 9.96. The monoisotopic (exact) mass is 464 g/mol. The quantitative estimate of drug-likeness (QED) is 0.401. The van der Waals surface area contributed by atoms with Crippen molar-refractivity contribution < 1.29 is 19.0 Å². The largest absolute Gasteiger partial charge is 0.496 e. The van der Waals surface area contributed by atoms with E-state index in [4.69, 9.17) is 14.2 Å². The van der Waals surface area contributed by atoms with Crippen LogP contribution in [0.5, 0.6) is 17.2 Å². The molecule has 0 saturated carbocycles. The summed E-state index contributed by atoms with van der Waals surface area (Å²) < 4.78 is 17.9. The molecule has 0 bridgehead atoms. The fourth-order valence-electron chi connectivity index (χ4n) is 5.64. The van der Waals surface area contributed by atoms with Crippen LogP contribution in [0, 0.1) is 0 Å². The summed E-state index contributed by atoms with van der Waals surface area (Å²) in [5, 5.41) is 2.97. The van der Waals surface area contributed by atoms with Crippen molar-refractivity contribution in [1.82, 2.24) is 0 Å². The van der Waals surface area contributed by atoms with E-state index >= 15 is 0 Å².